The van der Waals surface area contributed by atoms with E-state index in [0.29, 0.717) is 19.8 Å². The lowest BCUT2D eigenvalue weighted by Crippen LogP contribution is -2.35. The van der Waals surface area contributed by atoms with Crippen LogP contribution in [0.1, 0.15) is 19.8 Å². The largest absolute Gasteiger partial charge is 0.378 e. The predicted molar refractivity (Wildman–Crippen MR) is 40.5 cm³/mol. The molecule has 1 unspecified atom stereocenters. The minimum atomic E-state index is -0.615. The van der Waals surface area contributed by atoms with E-state index < -0.39 is 5.60 Å². The Labute approximate surface area is 66.7 Å². The minimum Gasteiger partial charge on any atom is -0.378 e. The highest BCUT2D eigenvalue weighted by atomic mass is 16.5. The maximum atomic E-state index is 10.6. The number of hydrogen-bond acceptors (Lipinski definition) is 3. The van der Waals surface area contributed by atoms with E-state index in [9.17, 15) is 4.79 Å². The monoisotopic (exact) mass is 158 g/mol. The molecule has 1 heterocycles. The van der Waals surface area contributed by atoms with Crippen LogP contribution in [0.25, 0.3) is 0 Å². The highest BCUT2D eigenvalue weighted by Gasteiger charge is 2.34. The van der Waals surface area contributed by atoms with Gasteiger partial charge in [-0.25, -0.2) is 0 Å². The quantitative estimate of drug-likeness (QED) is 0.567. The standard InChI is InChI=1S/C8H14O3/c1-2-10-7-8(6-9)4-3-5-11-8/h6H,2-5,7H2,1H3. The van der Waals surface area contributed by atoms with Gasteiger partial charge < -0.3 is 14.3 Å². The molecule has 11 heavy (non-hydrogen) atoms. The van der Waals surface area contributed by atoms with E-state index in [1.807, 2.05) is 6.92 Å². The molecule has 1 atom stereocenters. The van der Waals surface area contributed by atoms with Crippen molar-refractivity contribution in [2.24, 2.45) is 0 Å². The third-order valence-corrected chi connectivity index (χ3v) is 1.90. The summed E-state index contributed by atoms with van der Waals surface area (Å²) < 4.78 is 10.5. The smallest absolute Gasteiger partial charge is 0.154 e. The van der Waals surface area contributed by atoms with Crippen molar-refractivity contribution in [3.05, 3.63) is 0 Å². The van der Waals surface area contributed by atoms with E-state index in [1.54, 1.807) is 0 Å². The molecule has 3 nitrogen and oxygen atoms in total. The third kappa shape index (κ3) is 2.01. The zero-order valence-electron chi connectivity index (χ0n) is 6.84. The Morgan fingerprint density at radius 2 is 2.55 bits per heavy atom. The van der Waals surface area contributed by atoms with Gasteiger partial charge in [-0.2, -0.15) is 0 Å². The topological polar surface area (TPSA) is 35.5 Å². The van der Waals surface area contributed by atoms with Gasteiger partial charge in [0.05, 0.1) is 6.61 Å². The molecule has 0 aromatic carbocycles. The molecule has 0 radical (unpaired) electrons. The van der Waals surface area contributed by atoms with Crippen molar-refractivity contribution in [1.29, 1.82) is 0 Å². The molecule has 1 saturated heterocycles. The van der Waals surface area contributed by atoms with Crippen LogP contribution in [0.3, 0.4) is 0 Å². The number of rotatable bonds is 4. The molecule has 0 bridgehead atoms. The normalized spacial score (nSPS) is 30.6. The number of carbonyl (C=O) groups excluding carboxylic acids is 1. The first-order chi connectivity index (χ1) is 5.33. The van der Waals surface area contributed by atoms with Gasteiger partial charge in [-0.05, 0) is 19.8 Å². The van der Waals surface area contributed by atoms with Gasteiger partial charge in [0.15, 0.2) is 6.29 Å². The fraction of sp³-hybridized carbons (Fsp3) is 0.875. The number of ether oxygens (including phenoxy) is 2. The summed E-state index contributed by atoms with van der Waals surface area (Å²) in [5, 5.41) is 0. The zero-order chi connectivity index (χ0) is 8.16. The van der Waals surface area contributed by atoms with Crippen molar-refractivity contribution in [3.8, 4) is 0 Å². The van der Waals surface area contributed by atoms with E-state index in [1.165, 1.54) is 0 Å². The van der Waals surface area contributed by atoms with E-state index in [4.69, 9.17) is 9.47 Å². The molecule has 0 aromatic rings. The second-order valence-corrected chi connectivity index (χ2v) is 2.77. The maximum absolute atomic E-state index is 10.6. The molecule has 0 aliphatic carbocycles. The van der Waals surface area contributed by atoms with E-state index in [-0.39, 0.29) is 0 Å². The van der Waals surface area contributed by atoms with Gasteiger partial charge in [0.2, 0.25) is 0 Å². The first kappa shape index (κ1) is 8.68. The predicted octanol–water partition coefficient (Wildman–Crippen LogP) is 0.771. The van der Waals surface area contributed by atoms with Crippen molar-refractivity contribution in [2.75, 3.05) is 19.8 Å². The Morgan fingerprint density at radius 3 is 3.00 bits per heavy atom. The molecule has 1 rings (SSSR count). The van der Waals surface area contributed by atoms with Gasteiger partial charge in [0, 0.05) is 13.2 Å². The molecule has 64 valence electrons. The SMILES string of the molecule is CCOCC1(C=O)CCCO1. The van der Waals surface area contributed by atoms with Gasteiger partial charge in [-0.15, -0.1) is 0 Å². The van der Waals surface area contributed by atoms with E-state index in [0.717, 1.165) is 19.1 Å². The van der Waals surface area contributed by atoms with Crippen LogP contribution in [0, 0.1) is 0 Å². The van der Waals surface area contributed by atoms with Crippen LogP contribution in [-0.2, 0) is 14.3 Å². The Bertz CT molecular complexity index is 127. The fourth-order valence-electron chi connectivity index (χ4n) is 1.23. The second-order valence-electron chi connectivity index (χ2n) is 2.77. The Kier molecular flexibility index (Phi) is 3.02. The van der Waals surface area contributed by atoms with Crippen molar-refractivity contribution < 1.29 is 14.3 Å². The average Bonchev–Trinajstić information content (AvgIpc) is 2.50. The first-order valence-corrected chi connectivity index (χ1v) is 4.01. The lowest BCUT2D eigenvalue weighted by Gasteiger charge is -2.20. The molecular formula is C8H14O3. The van der Waals surface area contributed by atoms with E-state index >= 15 is 0 Å². The van der Waals surface area contributed by atoms with Crippen LogP contribution >= 0.6 is 0 Å². The highest BCUT2D eigenvalue weighted by molar-refractivity contribution is 5.63. The summed E-state index contributed by atoms with van der Waals surface area (Å²) in [4.78, 5) is 10.6. The number of aldehydes is 1. The molecule has 0 amide bonds. The summed E-state index contributed by atoms with van der Waals surface area (Å²) in [5.41, 5.74) is -0.615. The van der Waals surface area contributed by atoms with Crippen LogP contribution in [-0.4, -0.2) is 31.7 Å². The van der Waals surface area contributed by atoms with Crippen molar-refractivity contribution in [3.63, 3.8) is 0 Å². The van der Waals surface area contributed by atoms with Crippen LogP contribution < -0.4 is 0 Å². The molecule has 0 saturated carbocycles. The molecule has 0 spiro atoms. The van der Waals surface area contributed by atoms with Crippen molar-refractivity contribution in [2.45, 2.75) is 25.4 Å². The van der Waals surface area contributed by atoms with Gasteiger partial charge in [-0.1, -0.05) is 0 Å². The molecular weight excluding hydrogens is 144 g/mol. The number of hydrogen-bond donors (Lipinski definition) is 0. The van der Waals surface area contributed by atoms with Crippen LogP contribution in [0.5, 0.6) is 0 Å². The summed E-state index contributed by atoms with van der Waals surface area (Å²) in [6, 6.07) is 0. The first-order valence-electron chi connectivity index (χ1n) is 4.01. The van der Waals surface area contributed by atoms with Gasteiger partial charge in [0.25, 0.3) is 0 Å². The van der Waals surface area contributed by atoms with Gasteiger partial charge in [0.1, 0.15) is 5.60 Å². The highest BCUT2D eigenvalue weighted by Crippen LogP contribution is 2.23. The number of carbonyl (C=O) groups is 1. The zero-order valence-corrected chi connectivity index (χ0v) is 6.84. The van der Waals surface area contributed by atoms with Crippen molar-refractivity contribution in [1.82, 2.24) is 0 Å². The molecule has 1 aliphatic heterocycles. The Hall–Kier alpha value is -0.410. The van der Waals surface area contributed by atoms with Gasteiger partial charge >= 0.3 is 0 Å². The molecule has 0 aromatic heterocycles. The second kappa shape index (κ2) is 3.83. The van der Waals surface area contributed by atoms with Crippen LogP contribution in [0.2, 0.25) is 0 Å². The summed E-state index contributed by atoms with van der Waals surface area (Å²) in [5.74, 6) is 0. The molecule has 1 aliphatic rings. The summed E-state index contributed by atoms with van der Waals surface area (Å²) in [7, 11) is 0. The molecule has 3 heteroatoms. The summed E-state index contributed by atoms with van der Waals surface area (Å²) >= 11 is 0. The maximum Gasteiger partial charge on any atom is 0.154 e. The molecule has 0 N–H and O–H groups in total. The lowest BCUT2D eigenvalue weighted by atomic mass is 10.0. The van der Waals surface area contributed by atoms with Crippen molar-refractivity contribution >= 4 is 6.29 Å². The third-order valence-electron chi connectivity index (χ3n) is 1.90. The Morgan fingerprint density at radius 1 is 1.73 bits per heavy atom. The molecule has 1 fully saturated rings. The Balaban J connectivity index is 2.39. The lowest BCUT2D eigenvalue weighted by molar-refractivity contribution is -0.132. The summed E-state index contributed by atoms with van der Waals surface area (Å²) in [6.45, 7) is 3.64. The minimum absolute atomic E-state index is 0.410. The average molecular weight is 158 g/mol. The van der Waals surface area contributed by atoms with E-state index in [2.05, 4.69) is 0 Å². The fourth-order valence-corrected chi connectivity index (χ4v) is 1.23. The van der Waals surface area contributed by atoms with Crippen LogP contribution in [0.4, 0.5) is 0 Å². The van der Waals surface area contributed by atoms with Crippen LogP contribution in [0.15, 0.2) is 0 Å². The summed E-state index contributed by atoms with van der Waals surface area (Å²) in [6.07, 6.45) is 2.64. The van der Waals surface area contributed by atoms with Gasteiger partial charge in [-0.3, -0.25) is 0 Å².